The number of rotatable bonds is 4. The van der Waals surface area contributed by atoms with Gasteiger partial charge in [0.05, 0.1) is 6.42 Å². The van der Waals surface area contributed by atoms with E-state index in [1.807, 2.05) is 12.2 Å². The molecule has 3 amide bonds. The van der Waals surface area contributed by atoms with Crippen molar-refractivity contribution in [2.75, 3.05) is 0 Å². The Bertz CT molecular complexity index is 983. The smallest absolute Gasteiger partial charge is 0.310 e. The highest BCUT2D eigenvalue weighted by atomic mass is 35.5. The number of aliphatic hydroxyl groups is 1. The summed E-state index contributed by atoms with van der Waals surface area (Å²) in [5.41, 5.74) is 0.339. The fourth-order valence-corrected chi connectivity index (χ4v) is 4.80. The van der Waals surface area contributed by atoms with Crippen LogP contribution in [0.2, 0.25) is 5.02 Å². The molecule has 0 saturated carbocycles. The summed E-state index contributed by atoms with van der Waals surface area (Å²) in [4.78, 5) is 52.4. The van der Waals surface area contributed by atoms with Gasteiger partial charge in [-0.2, -0.15) is 0 Å². The first kappa shape index (κ1) is 23.3. The molecule has 0 radical (unpaired) electrons. The molecule has 3 N–H and O–H groups in total. The first-order chi connectivity index (χ1) is 15.8. The van der Waals surface area contributed by atoms with E-state index in [4.69, 9.17) is 16.3 Å². The van der Waals surface area contributed by atoms with Crippen LogP contribution >= 0.6 is 11.6 Å². The van der Waals surface area contributed by atoms with E-state index >= 15 is 0 Å². The maximum Gasteiger partial charge on any atom is 0.310 e. The van der Waals surface area contributed by atoms with Gasteiger partial charge in [-0.15, -0.1) is 0 Å². The Balaban J connectivity index is 1.52. The Morgan fingerprint density at radius 1 is 1.12 bits per heavy atom. The molecule has 1 aromatic rings. The molecule has 3 aliphatic rings. The Morgan fingerprint density at radius 2 is 1.91 bits per heavy atom. The molecule has 2 saturated heterocycles. The zero-order valence-electron chi connectivity index (χ0n) is 17.9. The number of cyclic esters (lactones) is 1. The van der Waals surface area contributed by atoms with Gasteiger partial charge in [0.15, 0.2) is 0 Å². The predicted molar refractivity (Wildman–Crippen MR) is 118 cm³/mol. The molecule has 2 unspecified atom stereocenters. The molecular weight excluding hydrogens is 450 g/mol. The van der Waals surface area contributed by atoms with Gasteiger partial charge in [-0.1, -0.05) is 29.8 Å². The SMILES string of the molecule is O=C1CC(NC(=O)[C@@H]2CCC[C@@H]3CC=CC[C@H](NC(=O)c4cccc(Cl)c4)C(=O)N32)C(O)O1. The van der Waals surface area contributed by atoms with Gasteiger partial charge >= 0.3 is 5.97 Å². The number of halogens is 1. The molecule has 33 heavy (non-hydrogen) atoms. The molecular formula is C23H26ClN3O6. The largest absolute Gasteiger partial charge is 0.434 e. The fourth-order valence-electron chi connectivity index (χ4n) is 4.61. The molecule has 1 aromatic carbocycles. The number of aliphatic hydroxyl groups excluding tert-OH is 1. The Hall–Kier alpha value is -2.91. The average molecular weight is 476 g/mol. The van der Waals surface area contributed by atoms with Gasteiger partial charge in [-0.3, -0.25) is 19.2 Å². The molecule has 0 aliphatic carbocycles. The second-order valence-electron chi connectivity index (χ2n) is 8.52. The number of piperidine rings is 1. The van der Waals surface area contributed by atoms with Crippen molar-refractivity contribution in [3.8, 4) is 0 Å². The number of benzene rings is 1. The van der Waals surface area contributed by atoms with E-state index in [0.29, 0.717) is 29.8 Å². The second kappa shape index (κ2) is 9.93. The number of fused-ring (bicyclic) bond motifs is 1. The number of hydrogen-bond acceptors (Lipinski definition) is 6. The van der Waals surface area contributed by atoms with Gasteiger partial charge in [0.2, 0.25) is 18.1 Å². The van der Waals surface area contributed by atoms with Crippen molar-refractivity contribution in [2.24, 2.45) is 0 Å². The van der Waals surface area contributed by atoms with Gasteiger partial charge in [-0.05, 0) is 50.3 Å². The standard InChI is InChI=1S/C23H26ClN3O6/c24-14-6-3-5-13(11-14)20(29)25-16-9-2-1-7-15-8-4-10-18(27(15)22(16)31)21(30)26-17-12-19(28)33-23(17)32/h1-3,5-6,11,15-18,23,32H,4,7-10,12H2,(H,25,29)(H,26,30)/t15-,16-,17?,18-,23?/m0/s1. The number of carbonyl (C=O) groups excluding carboxylic acids is 4. The number of ether oxygens (including phenoxy) is 1. The molecule has 0 aromatic heterocycles. The highest BCUT2D eigenvalue weighted by Gasteiger charge is 2.43. The lowest BCUT2D eigenvalue weighted by Crippen LogP contribution is -2.62. The number of carbonyl (C=O) groups is 4. The van der Waals surface area contributed by atoms with Gasteiger partial charge in [0.25, 0.3) is 5.91 Å². The third-order valence-electron chi connectivity index (χ3n) is 6.25. The van der Waals surface area contributed by atoms with Gasteiger partial charge in [0.1, 0.15) is 18.1 Å². The van der Waals surface area contributed by atoms with E-state index in [1.54, 1.807) is 23.1 Å². The second-order valence-corrected chi connectivity index (χ2v) is 8.96. The van der Waals surface area contributed by atoms with Crippen LogP contribution in [0.3, 0.4) is 0 Å². The summed E-state index contributed by atoms with van der Waals surface area (Å²) in [5.74, 6) is -1.80. The first-order valence-electron chi connectivity index (χ1n) is 11.0. The molecule has 4 rings (SSSR count). The number of amides is 3. The molecule has 0 bridgehead atoms. The zero-order chi connectivity index (χ0) is 23.5. The average Bonchev–Trinajstić information content (AvgIpc) is 3.10. The summed E-state index contributed by atoms with van der Waals surface area (Å²) in [5, 5.41) is 15.7. The third kappa shape index (κ3) is 5.20. The van der Waals surface area contributed by atoms with E-state index in [1.165, 1.54) is 6.07 Å². The maximum absolute atomic E-state index is 13.6. The molecule has 0 spiro atoms. The van der Waals surface area contributed by atoms with E-state index in [9.17, 15) is 24.3 Å². The monoisotopic (exact) mass is 475 g/mol. The van der Waals surface area contributed by atoms with Crippen LogP contribution in [0.25, 0.3) is 0 Å². The van der Waals surface area contributed by atoms with Crippen molar-refractivity contribution in [2.45, 2.75) is 69.0 Å². The molecule has 2 fully saturated rings. The summed E-state index contributed by atoms with van der Waals surface area (Å²) in [7, 11) is 0. The van der Waals surface area contributed by atoms with E-state index in [2.05, 4.69) is 10.6 Å². The van der Waals surface area contributed by atoms with Crippen LogP contribution in [0.15, 0.2) is 36.4 Å². The molecule has 3 aliphatic heterocycles. The van der Waals surface area contributed by atoms with E-state index < -0.39 is 42.2 Å². The van der Waals surface area contributed by atoms with Crippen LogP contribution in [-0.2, 0) is 19.1 Å². The Labute approximate surface area is 196 Å². The van der Waals surface area contributed by atoms with Crippen molar-refractivity contribution in [3.63, 3.8) is 0 Å². The first-order valence-corrected chi connectivity index (χ1v) is 11.4. The number of nitrogens with one attached hydrogen (secondary N) is 2. The van der Waals surface area contributed by atoms with Crippen LogP contribution in [0.5, 0.6) is 0 Å². The quantitative estimate of drug-likeness (QED) is 0.445. The summed E-state index contributed by atoms with van der Waals surface area (Å²) >= 11 is 5.98. The molecule has 3 heterocycles. The highest BCUT2D eigenvalue weighted by molar-refractivity contribution is 6.31. The van der Waals surface area contributed by atoms with Gasteiger partial charge < -0.3 is 25.4 Å². The van der Waals surface area contributed by atoms with Crippen molar-refractivity contribution < 1.29 is 29.0 Å². The Kier molecular flexibility index (Phi) is 6.99. The lowest BCUT2D eigenvalue weighted by molar-refractivity contribution is -0.156. The number of hydrogen-bond donors (Lipinski definition) is 3. The lowest BCUT2D eigenvalue weighted by atomic mass is 9.90. The zero-order valence-corrected chi connectivity index (χ0v) is 18.7. The van der Waals surface area contributed by atoms with E-state index in [0.717, 1.165) is 12.8 Å². The highest BCUT2D eigenvalue weighted by Crippen LogP contribution is 2.29. The normalized spacial score (nSPS) is 29.5. The Morgan fingerprint density at radius 3 is 2.64 bits per heavy atom. The maximum atomic E-state index is 13.6. The summed E-state index contributed by atoms with van der Waals surface area (Å²) < 4.78 is 4.69. The predicted octanol–water partition coefficient (Wildman–Crippen LogP) is 1.29. The van der Waals surface area contributed by atoms with Crippen LogP contribution < -0.4 is 10.6 Å². The van der Waals surface area contributed by atoms with E-state index in [-0.39, 0.29) is 18.4 Å². The minimum absolute atomic E-state index is 0.127. The fraction of sp³-hybridized carbons (Fsp3) is 0.478. The van der Waals surface area contributed by atoms with Gasteiger partial charge in [0, 0.05) is 16.6 Å². The molecule has 176 valence electrons. The topological polar surface area (TPSA) is 125 Å². The summed E-state index contributed by atoms with van der Waals surface area (Å²) in [6.07, 6.45) is 5.16. The van der Waals surface area contributed by atoms with Crippen molar-refractivity contribution in [1.82, 2.24) is 15.5 Å². The lowest BCUT2D eigenvalue weighted by Gasteiger charge is -2.43. The van der Waals surface area contributed by atoms with Crippen LogP contribution in [0.4, 0.5) is 0 Å². The summed E-state index contributed by atoms with van der Waals surface area (Å²) in [6, 6.07) is 3.80. The van der Waals surface area contributed by atoms with Crippen molar-refractivity contribution in [1.29, 1.82) is 0 Å². The minimum Gasteiger partial charge on any atom is -0.434 e. The van der Waals surface area contributed by atoms with Crippen LogP contribution in [0, 0.1) is 0 Å². The third-order valence-corrected chi connectivity index (χ3v) is 6.48. The van der Waals surface area contributed by atoms with Crippen molar-refractivity contribution in [3.05, 3.63) is 47.0 Å². The summed E-state index contributed by atoms with van der Waals surface area (Å²) in [6.45, 7) is 0. The van der Waals surface area contributed by atoms with Crippen LogP contribution in [0.1, 0.15) is 48.9 Å². The minimum atomic E-state index is -1.41. The van der Waals surface area contributed by atoms with Crippen LogP contribution in [-0.4, -0.2) is 64.2 Å². The number of esters is 1. The molecule has 9 nitrogen and oxygen atoms in total. The van der Waals surface area contributed by atoms with Crippen molar-refractivity contribution >= 4 is 35.3 Å². The van der Waals surface area contributed by atoms with Gasteiger partial charge in [-0.25, -0.2) is 0 Å². The molecule has 10 heteroatoms. The molecule has 5 atom stereocenters. The number of nitrogens with zero attached hydrogens (tertiary/aromatic N) is 1.